The molecule has 1 atom stereocenters. The molecule has 1 aromatic heterocycles. The van der Waals surface area contributed by atoms with Gasteiger partial charge in [0.1, 0.15) is 0 Å². The summed E-state index contributed by atoms with van der Waals surface area (Å²) in [6.07, 6.45) is 6.22. The number of nitrogens with zero attached hydrogens (tertiary/aromatic N) is 1. The molecule has 2 N–H and O–H groups in total. The van der Waals surface area contributed by atoms with Gasteiger partial charge in [-0.15, -0.1) is 0 Å². The van der Waals surface area contributed by atoms with Gasteiger partial charge in [0.05, 0.1) is 0 Å². The highest BCUT2D eigenvalue weighted by molar-refractivity contribution is 5.86. The van der Waals surface area contributed by atoms with Crippen molar-refractivity contribution >= 4 is 10.8 Å². The zero-order valence-electron chi connectivity index (χ0n) is 9.48. The van der Waals surface area contributed by atoms with Crippen molar-refractivity contribution in [3.8, 4) is 0 Å². The van der Waals surface area contributed by atoms with Gasteiger partial charge in [0, 0.05) is 29.2 Å². The molecule has 0 bridgehead atoms. The second-order valence-electron chi connectivity index (χ2n) is 4.85. The molecule has 1 aliphatic rings. The van der Waals surface area contributed by atoms with Gasteiger partial charge >= 0.3 is 0 Å². The smallest absolute Gasteiger partial charge is 0.0349 e. The molecule has 1 heterocycles. The lowest BCUT2D eigenvalue weighted by Crippen LogP contribution is -2.31. The molecule has 0 aliphatic heterocycles. The summed E-state index contributed by atoms with van der Waals surface area (Å²) in [4.78, 5) is 4.23. The minimum absolute atomic E-state index is 0.211. The average Bonchev–Trinajstić information content (AvgIpc) is 3.09. The molecule has 0 spiro atoms. The molecule has 1 fully saturated rings. The van der Waals surface area contributed by atoms with Crippen LogP contribution in [0.15, 0.2) is 36.7 Å². The third-order valence-electron chi connectivity index (χ3n) is 3.88. The Bertz CT molecular complexity index is 522. The summed E-state index contributed by atoms with van der Waals surface area (Å²) in [5.41, 5.74) is 7.73. The summed E-state index contributed by atoms with van der Waals surface area (Å²) < 4.78 is 0. The van der Waals surface area contributed by atoms with Crippen LogP contribution in [0.1, 0.15) is 25.3 Å². The van der Waals surface area contributed by atoms with E-state index in [0.717, 1.165) is 0 Å². The van der Waals surface area contributed by atoms with E-state index in [1.54, 1.807) is 0 Å². The first-order valence-electron chi connectivity index (χ1n) is 5.83. The molecule has 1 saturated carbocycles. The second kappa shape index (κ2) is 3.29. The summed E-state index contributed by atoms with van der Waals surface area (Å²) in [7, 11) is 0. The van der Waals surface area contributed by atoms with Crippen LogP contribution < -0.4 is 5.73 Å². The summed E-state index contributed by atoms with van der Waals surface area (Å²) in [6, 6.07) is 8.76. The Morgan fingerprint density at radius 3 is 2.81 bits per heavy atom. The van der Waals surface area contributed by atoms with Gasteiger partial charge in [-0.1, -0.05) is 18.2 Å². The lowest BCUT2D eigenvalue weighted by molar-refractivity contribution is 0.560. The number of hydrogen-bond acceptors (Lipinski definition) is 2. The Hall–Kier alpha value is -1.41. The van der Waals surface area contributed by atoms with Crippen molar-refractivity contribution in [1.29, 1.82) is 0 Å². The Labute approximate surface area is 95.5 Å². The van der Waals surface area contributed by atoms with Crippen LogP contribution in [-0.2, 0) is 5.41 Å². The van der Waals surface area contributed by atoms with E-state index in [-0.39, 0.29) is 11.5 Å². The van der Waals surface area contributed by atoms with E-state index in [9.17, 15) is 0 Å². The highest BCUT2D eigenvalue weighted by Gasteiger charge is 2.48. The van der Waals surface area contributed by atoms with E-state index in [4.69, 9.17) is 5.73 Å². The van der Waals surface area contributed by atoms with E-state index < -0.39 is 0 Å². The van der Waals surface area contributed by atoms with E-state index in [2.05, 4.69) is 36.2 Å². The number of nitrogens with two attached hydrogens (primary N) is 1. The van der Waals surface area contributed by atoms with Crippen LogP contribution in [-0.4, -0.2) is 11.0 Å². The van der Waals surface area contributed by atoms with Crippen molar-refractivity contribution in [3.63, 3.8) is 0 Å². The maximum absolute atomic E-state index is 6.14. The van der Waals surface area contributed by atoms with E-state index in [1.165, 1.54) is 29.2 Å². The van der Waals surface area contributed by atoms with Gasteiger partial charge < -0.3 is 5.73 Å². The Morgan fingerprint density at radius 1 is 1.31 bits per heavy atom. The third kappa shape index (κ3) is 1.26. The van der Waals surface area contributed by atoms with Crippen LogP contribution in [0.2, 0.25) is 0 Å². The van der Waals surface area contributed by atoms with Crippen molar-refractivity contribution in [2.24, 2.45) is 5.73 Å². The topological polar surface area (TPSA) is 38.9 Å². The monoisotopic (exact) mass is 212 g/mol. The largest absolute Gasteiger partial charge is 0.327 e. The molecule has 0 radical (unpaired) electrons. The fraction of sp³-hybridized carbons (Fsp3) is 0.357. The zero-order valence-corrected chi connectivity index (χ0v) is 9.48. The molecule has 16 heavy (non-hydrogen) atoms. The Morgan fingerprint density at radius 2 is 2.12 bits per heavy atom. The predicted octanol–water partition coefficient (Wildman–Crippen LogP) is 2.61. The first-order valence-corrected chi connectivity index (χ1v) is 5.83. The lowest BCUT2D eigenvalue weighted by Gasteiger charge is -2.21. The van der Waals surface area contributed by atoms with Crippen molar-refractivity contribution in [2.45, 2.75) is 31.2 Å². The maximum atomic E-state index is 6.14. The first kappa shape index (κ1) is 9.79. The average molecular weight is 212 g/mol. The summed E-state index contributed by atoms with van der Waals surface area (Å²) in [6.45, 7) is 2.11. The summed E-state index contributed by atoms with van der Waals surface area (Å²) in [5, 5.41) is 2.53. The molecule has 2 aromatic rings. The molecule has 2 heteroatoms. The quantitative estimate of drug-likeness (QED) is 0.831. The van der Waals surface area contributed by atoms with Gasteiger partial charge in [-0.2, -0.15) is 0 Å². The number of pyridine rings is 1. The van der Waals surface area contributed by atoms with E-state index in [1.807, 2.05) is 12.4 Å². The highest BCUT2D eigenvalue weighted by Crippen LogP contribution is 2.52. The van der Waals surface area contributed by atoms with Gasteiger partial charge in [-0.25, -0.2) is 0 Å². The van der Waals surface area contributed by atoms with Crippen LogP contribution in [0.5, 0.6) is 0 Å². The van der Waals surface area contributed by atoms with Gasteiger partial charge in [0.2, 0.25) is 0 Å². The number of hydrogen-bond donors (Lipinski definition) is 1. The predicted molar refractivity (Wildman–Crippen MR) is 66.3 cm³/mol. The molecule has 1 aliphatic carbocycles. The second-order valence-corrected chi connectivity index (χ2v) is 4.85. The van der Waals surface area contributed by atoms with Gasteiger partial charge in [-0.05, 0) is 36.8 Å². The number of aromatic nitrogens is 1. The van der Waals surface area contributed by atoms with Crippen LogP contribution in [0.25, 0.3) is 10.8 Å². The van der Waals surface area contributed by atoms with Crippen LogP contribution in [0.4, 0.5) is 0 Å². The summed E-state index contributed by atoms with van der Waals surface area (Å²) >= 11 is 0. The van der Waals surface area contributed by atoms with Crippen LogP contribution >= 0.6 is 0 Å². The third-order valence-corrected chi connectivity index (χ3v) is 3.88. The minimum Gasteiger partial charge on any atom is -0.327 e. The molecule has 3 rings (SSSR count). The number of fused-ring (bicyclic) bond motifs is 1. The molecule has 1 aromatic carbocycles. The standard InChI is InChI=1S/C14H16N2/c1-10(15)14(6-7-14)13-4-2-3-11-5-8-16-9-12(11)13/h2-5,8-10H,6-7,15H2,1H3. The molecular formula is C14H16N2. The molecule has 0 amide bonds. The minimum atomic E-state index is 0.211. The molecule has 1 unspecified atom stereocenters. The van der Waals surface area contributed by atoms with Crippen LogP contribution in [0, 0.1) is 0 Å². The van der Waals surface area contributed by atoms with Crippen molar-refractivity contribution in [3.05, 3.63) is 42.2 Å². The highest BCUT2D eigenvalue weighted by atomic mass is 14.7. The maximum Gasteiger partial charge on any atom is 0.0349 e. The SMILES string of the molecule is CC(N)C1(c2cccc3ccncc23)CC1. The first-order chi connectivity index (χ1) is 7.74. The van der Waals surface area contributed by atoms with Crippen molar-refractivity contribution < 1.29 is 0 Å². The van der Waals surface area contributed by atoms with E-state index in [0.29, 0.717) is 0 Å². The normalized spacial score (nSPS) is 19.6. The number of rotatable bonds is 2. The molecule has 82 valence electrons. The Balaban J connectivity index is 2.25. The van der Waals surface area contributed by atoms with Crippen molar-refractivity contribution in [1.82, 2.24) is 4.98 Å². The number of benzene rings is 1. The van der Waals surface area contributed by atoms with Crippen LogP contribution in [0.3, 0.4) is 0 Å². The Kier molecular flexibility index (Phi) is 2.01. The molecule has 0 saturated heterocycles. The molecular weight excluding hydrogens is 196 g/mol. The summed E-state index contributed by atoms with van der Waals surface area (Å²) in [5.74, 6) is 0. The lowest BCUT2D eigenvalue weighted by atomic mass is 9.86. The van der Waals surface area contributed by atoms with E-state index >= 15 is 0 Å². The zero-order chi connectivity index (χ0) is 11.2. The fourth-order valence-corrected chi connectivity index (χ4v) is 2.65. The van der Waals surface area contributed by atoms with Gasteiger partial charge in [0.25, 0.3) is 0 Å². The van der Waals surface area contributed by atoms with Gasteiger partial charge in [-0.3, -0.25) is 4.98 Å². The fourth-order valence-electron chi connectivity index (χ4n) is 2.65. The van der Waals surface area contributed by atoms with Gasteiger partial charge in [0.15, 0.2) is 0 Å². The van der Waals surface area contributed by atoms with Crippen molar-refractivity contribution in [2.75, 3.05) is 0 Å². The molecule has 2 nitrogen and oxygen atoms in total.